The highest BCUT2D eigenvalue weighted by Crippen LogP contribution is 2.32. The third-order valence-electron chi connectivity index (χ3n) is 6.39. The lowest BCUT2D eigenvalue weighted by molar-refractivity contribution is -0.115. The second-order valence-corrected chi connectivity index (χ2v) is 10.1. The SMILES string of the molecule is Cc1ccccc1NC(=O)Cc1nc(COC(=O)c2c3c(nc4ccccc24)CC[C@@H](C)C3)cs1. The molecule has 0 saturated heterocycles. The number of aryl methyl sites for hydroxylation is 2. The van der Waals surface area contributed by atoms with E-state index in [4.69, 9.17) is 9.72 Å². The Balaban J connectivity index is 1.28. The van der Waals surface area contributed by atoms with Crippen LogP contribution in [0.25, 0.3) is 10.9 Å². The van der Waals surface area contributed by atoms with Gasteiger partial charge in [-0.2, -0.15) is 0 Å². The summed E-state index contributed by atoms with van der Waals surface area (Å²) < 4.78 is 5.73. The van der Waals surface area contributed by atoms with Crippen molar-refractivity contribution in [2.75, 3.05) is 5.32 Å². The molecule has 0 fully saturated rings. The second kappa shape index (κ2) is 9.96. The number of hydrogen-bond acceptors (Lipinski definition) is 6. The predicted molar refractivity (Wildman–Crippen MR) is 138 cm³/mol. The summed E-state index contributed by atoms with van der Waals surface area (Å²) in [6.07, 6.45) is 2.95. The van der Waals surface area contributed by atoms with Gasteiger partial charge in [0, 0.05) is 22.1 Å². The van der Waals surface area contributed by atoms with Gasteiger partial charge in [0.25, 0.3) is 0 Å². The zero-order valence-corrected chi connectivity index (χ0v) is 20.7. The van der Waals surface area contributed by atoms with Gasteiger partial charge in [0.2, 0.25) is 5.91 Å². The van der Waals surface area contributed by atoms with Crippen LogP contribution in [0.4, 0.5) is 5.69 Å². The Morgan fingerprint density at radius 3 is 2.77 bits per heavy atom. The van der Waals surface area contributed by atoms with Crippen molar-refractivity contribution in [3.63, 3.8) is 0 Å². The Kier molecular flexibility index (Phi) is 6.59. The minimum absolute atomic E-state index is 0.0652. The zero-order chi connectivity index (χ0) is 24.4. The van der Waals surface area contributed by atoms with Crippen LogP contribution in [0, 0.1) is 12.8 Å². The molecule has 5 rings (SSSR count). The van der Waals surface area contributed by atoms with Gasteiger partial charge in [0.05, 0.1) is 23.2 Å². The molecule has 1 aliphatic carbocycles. The number of amides is 1. The first-order chi connectivity index (χ1) is 17.0. The van der Waals surface area contributed by atoms with Gasteiger partial charge in [0.15, 0.2) is 0 Å². The maximum atomic E-state index is 13.3. The predicted octanol–water partition coefficient (Wildman–Crippen LogP) is 5.66. The van der Waals surface area contributed by atoms with Gasteiger partial charge < -0.3 is 10.1 Å². The molecule has 1 amide bonds. The van der Waals surface area contributed by atoms with Crippen LogP contribution in [0.5, 0.6) is 0 Å². The second-order valence-electron chi connectivity index (χ2n) is 9.13. The Bertz CT molecular complexity index is 1410. The van der Waals surface area contributed by atoms with Gasteiger partial charge >= 0.3 is 5.97 Å². The maximum Gasteiger partial charge on any atom is 0.339 e. The van der Waals surface area contributed by atoms with E-state index in [0.717, 1.165) is 52.7 Å². The summed E-state index contributed by atoms with van der Waals surface area (Å²) in [5.74, 6) is 0.0333. The van der Waals surface area contributed by atoms with Crippen molar-refractivity contribution in [2.45, 2.75) is 46.1 Å². The minimum atomic E-state index is -0.346. The molecule has 0 aliphatic heterocycles. The lowest BCUT2D eigenvalue weighted by Crippen LogP contribution is -2.19. The first-order valence-electron chi connectivity index (χ1n) is 11.8. The molecule has 7 heteroatoms. The summed E-state index contributed by atoms with van der Waals surface area (Å²) >= 11 is 1.39. The van der Waals surface area contributed by atoms with E-state index in [1.807, 2.05) is 60.8 Å². The van der Waals surface area contributed by atoms with E-state index in [1.165, 1.54) is 11.3 Å². The highest BCUT2D eigenvalue weighted by atomic mass is 32.1. The molecule has 35 heavy (non-hydrogen) atoms. The number of carbonyl (C=O) groups excluding carboxylic acids is 2. The molecule has 6 nitrogen and oxygen atoms in total. The molecule has 2 aromatic carbocycles. The first-order valence-corrected chi connectivity index (χ1v) is 12.7. The van der Waals surface area contributed by atoms with Crippen LogP contribution in [-0.4, -0.2) is 21.8 Å². The molecule has 1 N–H and O–H groups in total. The van der Waals surface area contributed by atoms with Gasteiger partial charge in [-0.1, -0.05) is 43.3 Å². The molecule has 0 radical (unpaired) electrons. The van der Waals surface area contributed by atoms with Crippen molar-refractivity contribution in [2.24, 2.45) is 5.92 Å². The van der Waals surface area contributed by atoms with Gasteiger partial charge in [-0.3, -0.25) is 9.78 Å². The molecular formula is C28H27N3O3S. The van der Waals surface area contributed by atoms with Crippen LogP contribution in [0.3, 0.4) is 0 Å². The largest absolute Gasteiger partial charge is 0.456 e. The first kappa shape index (κ1) is 23.2. The van der Waals surface area contributed by atoms with E-state index < -0.39 is 0 Å². The van der Waals surface area contributed by atoms with Crippen molar-refractivity contribution < 1.29 is 14.3 Å². The monoisotopic (exact) mass is 485 g/mol. The van der Waals surface area contributed by atoms with E-state index in [0.29, 0.717) is 22.2 Å². The number of aromatic nitrogens is 2. The standard InChI is InChI=1S/C28H27N3O3S/c1-17-11-12-24-21(13-17)27(20-8-4-6-10-23(20)30-24)28(33)34-15-19-16-35-26(29-19)14-25(32)31-22-9-5-3-7-18(22)2/h3-10,16-17H,11-15H2,1-2H3,(H,31,32)/t17-/m1/s1. The number of nitrogens with zero attached hydrogens (tertiary/aromatic N) is 2. The Hall–Kier alpha value is -3.58. The van der Waals surface area contributed by atoms with Crippen LogP contribution in [0.1, 0.15) is 51.2 Å². The van der Waals surface area contributed by atoms with Crippen molar-refractivity contribution in [1.29, 1.82) is 0 Å². The number of benzene rings is 2. The Morgan fingerprint density at radius 2 is 1.91 bits per heavy atom. The zero-order valence-electron chi connectivity index (χ0n) is 19.8. The van der Waals surface area contributed by atoms with Crippen LogP contribution in [-0.2, 0) is 35.4 Å². The quantitative estimate of drug-likeness (QED) is 0.356. The van der Waals surface area contributed by atoms with Crippen molar-refractivity contribution in [3.05, 3.63) is 87.0 Å². The molecule has 0 saturated carbocycles. The van der Waals surface area contributed by atoms with Crippen LogP contribution >= 0.6 is 11.3 Å². The van der Waals surface area contributed by atoms with Gasteiger partial charge in [-0.15, -0.1) is 11.3 Å². The number of para-hydroxylation sites is 2. The van der Waals surface area contributed by atoms with E-state index in [1.54, 1.807) is 0 Å². The molecule has 0 unspecified atom stereocenters. The third-order valence-corrected chi connectivity index (χ3v) is 7.29. The number of thiazole rings is 1. The molecular weight excluding hydrogens is 458 g/mol. The van der Waals surface area contributed by atoms with Gasteiger partial charge in [-0.25, -0.2) is 9.78 Å². The van der Waals surface area contributed by atoms with E-state index in [-0.39, 0.29) is 24.9 Å². The average molecular weight is 486 g/mol. The summed E-state index contributed by atoms with van der Waals surface area (Å²) in [6.45, 7) is 4.23. The molecule has 1 atom stereocenters. The molecule has 0 spiro atoms. The number of fused-ring (bicyclic) bond motifs is 2. The van der Waals surface area contributed by atoms with E-state index >= 15 is 0 Å². The molecule has 2 heterocycles. The van der Waals surface area contributed by atoms with Gasteiger partial charge in [-0.05, 0) is 55.4 Å². The number of hydrogen-bond donors (Lipinski definition) is 1. The minimum Gasteiger partial charge on any atom is -0.456 e. The molecule has 178 valence electrons. The fraction of sp³-hybridized carbons (Fsp3) is 0.286. The number of ether oxygens (including phenoxy) is 1. The smallest absolute Gasteiger partial charge is 0.339 e. The lowest BCUT2D eigenvalue weighted by Gasteiger charge is -2.24. The molecule has 2 aromatic heterocycles. The fourth-order valence-electron chi connectivity index (χ4n) is 4.55. The fourth-order valence-corrected chi connectivity index (χ4v) is 5.33. The van der Waals surface area contributed by atoms with Gasteiger partial charge in [0.1, 0.15) is 11.6 Å². The Labute approximate surface area is 208 Å². The molecule has 4 aromatic rings. The average Bonchev–Trinajstić information content (AvgIpc) is 3.29. The Morgan fingerprint density at radius 1 is 1.11 bits per heavy atom. The van der Waals surface area contributed by atoms with E-state index in [9.17, 15) is 9.59 Å². The van der Waals surface area contributed by atoms with Crippen molar-refractivity contribution in [3.8, 4) is 0 Å². The number of carbonyl (C=O) groups is 2. The van der Waals surface area contributed by atoms with Crippen LogP contribution < -0.4 is 5.32 Å². The molecule has 1 aliphatic rings. The summed E-state index contributed by atoms with van der Waals surface area (Å²) in [4.78, 5) is 35.1. The number of pyridine rings is 1. The number of anilines is 1. The normalized spacial score (nSPS) is 15.0. The number of nitrogens with one attached hydrogen (secondary N) is 1. The van der Waals surface area contributed by atoms with E-state index in [2.05, 4.69) is 17.2 Å². The summed E-state index contributed by atoms with van der Waals surface area (Å²) in [7, 11) is 0. The summed E-state index contributed by atoms with van der Waals surface area (Å²) in [5, 5.41) is 6.28. The lowest BCUT2D eigenvalue weighted by atomic mass is 9.84. The van der Waals surface area contributed by atoms with Crippen molar-refractivity contribution >= 4 is 39.8 Å². The van der Waals surface area contributed by atoms with Crippen LogP contribution in [0.2, 0.25) is 0 Å². The number of rotatable bonds is 6. The van der Waals surface area contributed by atoms with Crippen LogP contribution in [0.15, 0.2) is 53.9 Å². The highest BCUT2D eigenvalue weighted by molar-refractivity contribution is 7.09. The number of esters is 1. The molecule has 0 bridgehead atoms. The summed E-state index contributed by atoms with van der Waals surface area (Å²) in [6, 6.07) is 15.4. The topological polar surface area (TPSA) is 81.2 Å². The highest BCUT2D eigenvalue weighted by Gasteiger charge is 2.26. The third kappa shape index (κ3) is 5.10. The maximum absolute atomic E-state index is 13.3. The van der Waals surface area contributed by atoms with Crippen molar-refractivity contribution in [1.82, 2.24) is 9.97 Å². The summed E-state index contributed by atoms with van der Waals surface area (Å²) in [5.41, 5.74) is 5.91.